The molecule has 0 aliphatic carbocycles. The Morgan fingerprint density at radius 3 is 2.29 bits per heavy atom. The highest BCUT2D eigenvalue weighted by Crippen LogP contribution is 2.27. The second-order valence-electron chi connectivity index (χ2n) is 7.85. The highest BCUT2D eigenvalue weighted by Gasteiger charge is 2.25. The van der Waals surface area contributed by atoms with Gasteiger partial charge in [0.2, 0.25) is 5.91 Å². The van der Waals surface area contributed by atoms with Crippen LogP contribution in [0.5, 0.6) is 0 Å². The molecule has 0 spiro atoms. The molecule has 3 amide bonds. The van der Waals surface area contributed by atoms with Crippen molar-refractivity contribution in [3.8, 4) is 0 Å². The van der Waals surface area contributed by atoms with Crippen molar-refractivity contribution in [2.45, 2.75) is 46.1 Å². The lowest BCUT2D eigenvalue weighted by atomic mass is 9.94. The molecule has 168 valence electrons. The van der Waals surface area contributed by atoms with Gasteiger partial charge in [0.1, 0.15) is 0 Å². The van der Waals surface area contributed by atoms with Gasteiger partial charge in [-0.2, -0.15) is 0 Å². The summed E-state index contributed by atoms with van der Waals surface area (Å²) in [6.07, 6.45) is 1.63. The summed E-state index contributed by atoms with van der Waals surface area (Å²) in [6.45, 7) is 7.76. The summed E-state index contributed by atoms with van der Waals surface area (Å²) in [6, 6.07) is 15.6. The number of carbonyl (C=O) groups is 2. The first-order valence-corrected chi connectivity index (χ1v) is 11.1. The Bertz CT molecular complexity index is 852. The number of urea groups is 1. The number of rotatable bonds is 10. The van der Waals surface area contributed by atoms with E-state index in [2.05, 4.69) is 24.5 Å². The van der Waals surface area contributed by atoms with Gasteiger partial charge in [0.05, 0.1) is 5.92 Å². The van der Waals surface area contributed by atoms with Crippen molar-refractivity contribution in [3.05, 3.63) is 59.7 Å². The highest BCUT2D eigenvalue weighted by molar-refractivity contribution is 5.89. The first kappa shape index (κ1) is 24.3. The fraction of sp³-hybridized carbons (Fsp3) is 0.440. The van der Waals surface area contributed by atoms with Crippen LogP contribution in [0.25, 0.3) is 0 Å². The van der Waals surface area contributed by atoms with Crippen molar-refractivity contribution in [1.82, 2.24) is 10.2 Å². The van der Waals surface area contributed by atoms with Crippen LogP contribution in [0.1, 0.15) is 50.7 Å². The standard InChI is InChI=1S/C25H36N4O2/c1-6-16-29(24(30)22(7-2)19-12-10-9-11-13-19)18-20-17-21(27-25(31)26-8-3)14-15-23(20)28(4)5/h9-15,17,22H,6-8,16,18H2,1-5H3,(H2,26,27,31)/t22-/m0/s1. The maximum Gasteiger partial charge on any atom is 0.319 e. The molecule has 0 bridgehead atoms. The van der Waals surface area contributed by atoms with Gasteiger partial charge in [0.15, 0.2) is 0 Å². The highest BCUT2D eigenvalue weighted by atomic mass is 16.2. The third-order valence-corrected chi connectivity index (χ3v) is 5.23. The van der Waals surface area contributed by atoms with Crippen LogP contribution in [0.15, 0.2) is 48.5 Å². The number of hydrogen-bond acceptors (Lipinski definition) is 3. The van der Waals surface area contributed by atoms with E-state index in [1.807, 2.05) is 79.3 Å². The minimum absolute atomic E-state index is 0.141. The summed E-state index contributed by atoms with van der Waals surface area (Å²) in [7, 11) is 3.97. The number of nitrogens with zero attached hydrogens (tertiary/aromatic N) is 2. The molecule has 0 heterocycles. The fourth-order valence-corrected chi connectivity index (χ4v) is 3.76. The molecule has 0 unspecified atom stereocenters. The molecule has 6 nitrogen and oxygen atoms in total. The SMILES string of the molecule is CCCN(Cc1cc(NC(=O)NCC)ccc1N(C)C)C(=O)[C@@H](CC)c1ccccc1. The van der Waals surface area contributed by atoms with E-state index in [0.29, 0.717) is 25.3 Å². The lowest BCUT2D eigenvalue weighted by molar-refractivity contribution is -0.133. The average molecular weight is 425 g/mol. The Morgan fingerprint density at radius 2 is 1.71 bits per heavy atom. The van der Waals surface area contributed by atoms with Crippen molar-refractivity contribution < 1.29 is 9.59 Å². The van der Waals surface area contributed by atoms with Crippen LogP contribution < -0.4 is 15.5 Å². The second kappa shape index (κ2) is 12.0. The molecular formula is C25H36N4O2. The zero-order valence-electron chi connectivity index (χ0n) is 19.4. The van der Waals surface area contributed by atoms with Gasteiger partial charge in [0, 0.05) is 45.1 Å². The van der Waals surface area contributed by atoms with Crippen LogP contribution in [0.3, 0.4) is 0 Å². The van der Waals surface area contributed by atoms with Crippen LogP contribution in [-0.2, 0) is 11.3 Å². The summed E-state index contributed by atoms with van der Waals surface area (Å²) < 4.78 is 0. The van der Waals surface area contributed by atoms with E-state index >= 15 is 0 Å². The van der Waals surface area contributed by atoms with Gasteiger partial charge in [-0.05, 0) is 49.1 Å². The zero-order chi connectivity index (χ0) is 22.8. The van der Waals surface area contributed by atoms with Crippen molar-refractivity contribution in [2.75, 3.05) is 37.4 Å². The zero-order valence-corrected chi connectivity index (χ0v) is 19.4. The largest absolute Gasteiger partial charge is 0.377 e. The van der Waals surface area contributed by atoms with Crippen LogP contribution in [0.2, 0.25) is 0 Å². The minimum atomic E-state index is -0.234. The topological polar surface area (TPSA) is 64.7 Å². The van der Waals surface area contributed by atoms with Crippen molar-refractivity contribution in [2.24, 2.45) is 0 Å². The van der Waals surface area contributed by atoms with E-state index < -0.39 is 0 Å². The molecule has 31 heavy (non-hydrogen) atoms. The molecule has 2 N–H and O–H groups in total. The Balaban J connectivity index is 2.33. The number of nitrogens with one attached hydrogen (secondary N) is 2. The molecule has 0 aromatic heterocycles. The number of benzene rings is 2. The van der Waals surface area contributed by atoms with Gasteiger partial charge in [-0.25, -0.2) is 4.79 Å². The van der Waals surface area contributed by atoms with Crippen LogP contribution in [-0.4, -0.2) is 44.0 Å². The maximum absolute atomic E-state index is 13.5. The van der Waals surface area contributed by atoms with E-state index in [1.165, 1.54) is 0 Å². The predicted molar refractivity (Wildman–Crippen MR) is 129 cm³/mol. The molecule has 0 radical (unpaired) electrons. The molecule has 6 heteroatoms. The van der Waals surface area contributed by atoms with Gasteiger partial charge in [-0.15, -0.1) is 0 Å². The molecule has 2 aromatic rings. The first-order chi connectivity index (χ1) is 14.9. The van der Waals surface area contributed by atoms with Gasteiger partial charge < -0.3 is 20.4 Å². The lowest BCUT2D eigenvalue weighted by Crippen LogP contribution is -2.35. The monoisotopic (exact) mass is 424 g/mol. The van der Waals surface area contributed by atoms with Gasteiger partial charge in [-0.1, -0.05) is 44.2 Å². The van der Waals surface area contributed by atoms with E-state index in [4.69, 9.17) is 0 Å². The number of anilines is 2. The third-order valence-electron chi connectivity index (χ3n) is 5.23. The summed E-state index contributed by atoms with van der Waals surface area (Å²) >= 11 is 0. The predicted octanol–water partition coefficient (Wildman–Crippen LogP) is 4.83. The van der Waals surface area contributed by atoms with Crippen molar-refractivity contribution in [3.63, 3.8) is 0 Å². The molecule has 1 atom stereocenters. The number of carbonyl (C=O) groups excluding carboxylic acids is 2. The summed E-state index contributed by atoms with van der Waals surface area (Å²) in [4.78, 5) is 29.5. The summed E-state index contributed by atoms with van der Waals surface area (Å²) in [5.41, 5.74) is 3.80. The molecule has 0 saturated carbocycles. The molecule has 0 aliphatic heterocycles. The van der Waals surface area contributed by atoms with Crippen molar-refractivity contribution in [1.29, 1.82) is 0 Å². The summed E-state index contributed by atoms with van der Waals surface area (Å²) in [5, 5.41) is 5.62. The van der Waals surface area contributed by atoms with Crippen LogP contribution in [0, 0.1) is 0 Å². The molecule has 2 aromatic carbocycles. The number of hydrogen-bond donors (Lipinski definition) is 2. The van der Waals surface area contributed by atoms with Crippen LogP contribution in [0.4, 0.5) is 16.2 Å². The molecule has 0 saturated heterocycles. The normalized spacial score (nSPS) is 11.5. The van der Waals surface area contributed by atoms with Gasteiger partial charge in [0.25, 0.3) is 0 Å². The maximum atomic E-state index is 13.5. The van der Waals surface area contributed by atoms with E-state index in [1.54, 1.807) is 0 Å². The summed E-state index contributed by atoms with van der Waals surface area (Å²) in [5.74, 6) is -0.0189. The third kappa shape index (κ3) is 6.74. The first-order valence-electron chi connectivity index (χ1n) is 11.1. The van der Waals surface area contributed by atoms with E-state index in [0.717, 1.165) is 29.7 Å². The van der Waals surface area contributed by atoms with Gasteiger partial charge >= 0.3 is 6.03 Å². The van der Waals surface area contributed by atoms with Crippen LogP contribution >= 0.6 is 0 Å². The number of amides is 3. The molecular weight excluding hydrogens is 388 g/mol. The smallest absolute Gasteiger partial charge is 0.319 e. The molecule has 0 fully saturated rings. The Labute approximate surface area is 186 Å². The fourth-order valence-electron chi connectivity index (χ4n) is 3.76. The Morgan fingerprint density at radius 1 is 1.00 bits per heavy atom. The molecule has 0 aliphatic rings. The van der Waals surface area contributed by atoms with Crippen molar-refractivity contribution >= 4 is 23.3 Å². The lowest BCUT2D eigenvalue weighted by Gasteiger charge is -2.29. The quantitative estimate of drug-likeness (QED) is 0.574. The Kier molecular flexibility index (Phi) is 9.38. The Hall–Kier alpha value is -3.02. The minimum Gasteiger partial charge on any atom is -0.377 e. The second-order valence-corrected chi connectivity index (χ2v) is 7.85. The van der Waals surface area contributed by atoms with E-state index in [9.17, 15) is 9.59 Å². The van der Waals surface area contributed by atoms with Gasteiger partial charge in [-0.3, -0.25) is 4.79 Å². The van der Waals surface area contributed by atoms with E-state index in [-0.39, 0.29) is 17.9 Å². The average Bonchev–Trinajstić information content (AvgIpc) is 2.74. The molecule has 2 rings (SSSR count).